The van der Waals surface area contributed by atoms with Crippen LogP contribution in [0.5, 0.6) is 0 Å². The second-order valence-corrected chi connectivity index (χ2v) is 6.73. The van der Waals surface area contributed by atoms with Gasteiger partial charge in [0.15, 0.2) is 5.96 Å². The number of hydrogen-bond acceptors (Lipinski definition) is 4. The van der Waals surface area contributed by atoms with Gasteiger partial charge in [-0.05, 0) is 38.5 Å². The van der Waals surface area contributed by atoms with E-state index in [2.05, 4.69) is 15.6 Å². The van der Waals surface area contributed by atoms with Gasteiger partial charge in [0.1, 0.15) is 0 Å². The molecule has 1 aliphatic rings. The number of thiazole rings is 1. The van der Waals surface area contributed by atoms with Crippen LogP contribution >= 0.6 is 11.3 Å². The number of hydrogen-bond donors (Lipinski definition) is 2. The molecule has 1 aromatic heterocycles. The van der Waals surface area contributed by atoms with E-state index in [4.69, 9.17) is 9.72 Å². The largest absolute Gasteiger partial charge is 0.385 e. The van der Waals surface area contributed by atoms with Crippen LogP contribution in [0.3, 0.4) is 0 Å². The Labute approximate surface area is 137 Å². The number of methoxy groups -OCH3 is 1. The molecule has 0 spiro atoms. The summed E-state index contributed by atoms with van der Waals surface area (Å²) in [4.78, 5) is 10.5. The number of aromatic nitrogens is 1. The van der Waals surface area contributed by atoms with E-state index in [-0.39, 0.29) is 0 Å². The minimum atomic E-state index is 0.776. The predicted octanol–water partition coefficient (Wildman–Crippen LogP) is 2.16. The lowest BCUT2D eigenvalue weighted by Crippen LogP contribution is -2.38. The maximum atomic E-state index is 5.03. The Morgan fingerprint density at radius 2 is 2.00 bits per heavy atom. The third kappa shape index (κ3) is 5.57. The van der Waals surface area contributed by atoms with Crippen molar-refractivity contribution in [2.45, 2.75) is 44.9 Å². The van der Waals surface area contributed by atoms with Gasteiger partial charge >= 0.3 is 0 Å². The smallest absolute Gasteiger partial charge is 0.190 e. The second kappa shape index (κ2) is 9.79. The van der Waals surface area contributed by atoms with Crippen LogP contribution in [0.1, 0.15) is 41.3 Å². The molecule has 0 unspecified atom stereocenters. The minimum Gasteiger partial charge on any atom is -0.385 e. The van der Waals surface area contributed by atoms with E-state index < -0.39 is 0 Å². The van der Waals surface area contributed by atoms with Crippen molar-refractivity contribution in [2.24, 2.45) is 4.99 Å². The van der Waals surface area contributed by atoms with Crippen molar-refractivity contribution in [1.29, 1.82) is 0 Å². The fourth-order valence-electron chi connectivity index (χ4n) is 2.60. The zero-order chi connectivity index (χ0) is 15.6. The van der Waals surface area contributed by atoms with Crippen LogP contribution in [0.15, 0.2) is 4.99 Å². The Kier molecular flexibility index (Phi) is 7.66. The molecular formula is C16H28N4OS. The number of aryl methyl sites for hydroxylation is 3. The summed E-state index contributed by atoms with van der Waals surface area (Å²) in [7, 11) is 3.53. The Morgan fingerprint density at radius 1 is 1.23 bits per heavy atom. The van der Waals surface area contributed by atoms with Gasteiger partial charge in [-0.15, -0.1) is 11.3 Å². The number of aliphatic imine (C=N–C) groups is 1. The first kappa shape index (κ1) is 17.2. The quantitative estimate of drug-likeness (QED) is 0.437. The second-order valence-electron chi connectivity index (χ2n) is 5.56. The summed E-state index contributed by atoms with van der Waals surface area (Å²) in [5, 5.41) is 7.94. The first-order valence-electron chi connectivity index (χ1n) is 8.24. The van der Waals surface area contributed by atoms with Crippen LogP contribution in [0, 0.1) is 0 Å². The SMILES string of the molecule is CN=C(NCCCOC)NCCCc1nc2c(s1)CCCC2. The van der Waals surface area contributed by atoms with Gasteiger partial charge < -0.3 is 15.4 Å². The van der Waals surface area contributed by atoms with Crippen LogP contribution in [-0.2, 0) is 24.0 Å². The molecule has 1 heterocycles. The van der Waals surface area contributed by atoms with Crippen molar-refractivity contribution in [1.82, 2.24) is 15.6 Å². The van der Waals surface area contributed by atoms with Gasteiger partial charge in [0.25, 0.3) is 0 Å². The van der Waals surface area contributed by atoms with Crippen LogP contribution in [0.25, 0.3) is 0 Å². The molecule has 0 aliphatic heterocycles. The number of nitrogens with one attached hydrogen (secondary N) is 2. The summed E-state index contributed by atoms with van der Waals surface area (Å²) < 4.78 is 5.03. The Hall–Kier alpha value is -1.14. The fourth-order valence-corrected chi connectivity index (χ4v) is 3.80. The standard InChI is InChI=1S/C16H28N4OS/c1-17-16(19-11-6-12-21-2)18-10-5-9-15-20-13-7-3-4-8-14(13)22-15/h3-12H2,1-2H3,(H2,17,18,19). The minimum absolute atomic E-state index is 0.776. The molecular weight excluding hydrogens is 296 g/mol. The van der Waals surface area contributed by atoms with Crippen LogP contribution in [-0.4, -0.2) is 44.8 Å². The molecule has 0 saturated carbocycles. The third-order valence-corrected chi connectivity index (χ3v) is 5.01. The van der Waals surface area contributed by atoms with E-state index >= 15 is 0 Å². The summed E-state index contributed by atoms with van der Waals surface area (Å²) in [5.41, 5.74) is 1.37. The van der Waals surface area contributed by atoms with E-state index in [1.807, 2.05) is 11.3 Å². The van der Waals surface area contributed by atoms with Gasteiger partial charge in [-0.1, -0.05) is 0 Å². The van der Waals surface area contributed by atoms with E-state index in [0.29, 0.717) is 0 Å². The van der Waals surface area contributed by atoms with Crippen LogP contribution in [0.2, 0.25) is 0 Å². The number of ether oxygens (including phenoxy) is 1. The number of guanidine groups is 1. The van der Waals surface area contributed by atoms with Crippen molar-refractivity contribution in [3.63, 3.8) is 0 Å². The monoisotopic (exact) mass is 324 g/mol. The molecule has 2 rings (SSSR count). The maximum Gasteiger partial charge on any atom is 0.190 e. The highest BCUT2D eigenvalue weighted by molar-refractivity contribution is 7.11. The summed E-state index contributed by atoms with van der Waals surface area (Å²) in [6, 6.07) is 0. The average molecular weight is 324 g/mol. The number of rotatable bonds is 8. The molecule has 1 aliphatic carbocycles. The van der Waals surface area contributed by atoms with Gasteiger partial charge in [0.2, 0.25) is 0 Å². The Morgan fingerprint density at radius 3 is 2.73 bits per heavy atom. The number of fused-ring (bicyclic) bond motifs is 1. The topological polar surface area (TPSA) is 58.5 Å². The first-order valence-corrected chi connectivity index (χ1v) is 9.06. The van der Waals surface area contributed by atoms with Crippen molar-refractivity contribution in [3.05, 3.63) is 15.6 Å². The average Bonchev–Trinajstić information content (AvgIpc) is 2.96. The summed E-state index contributed by atoms with van der Waals surface area (Å²) in [5.74, 6) is 0.870. The van der Waals surface area contributed by atoms with Crippen LogP contribution in [0.4, 0.5) is 0 Å². The highest BCUT2D eigenvalue weighted by Crippen LogP contribution is 2.27. The third-order valence-electron chi connectivity index (χ3n) is 3.79. The van der Waals surface area contributed by atoms with E-state index in [9.17, 15) is 0 Å². The molecule has 1 aromatic rings. The maximum absolute atomic E-state index is 5.03. The van der Waals surface area contributed by atoms with Crippen molar-refractivity contribution in [2.75, 3.05) is 33.9 Å². The lowest BCUT2D eigenvalue weighted by atomic mass is 10.0. The molecule has 0 amide bonds. The van der Waals surface area contributed by atoms with Gasteiger partial charge in [0, 0.05) is 45.2 Å². The summed E-state index contributed by atoms with van der Waals surface area (Å²) >= 11 is 1.92. The van der Waals surface area contributed by atoms with Crippen LogP contribution < -0.4 is 10.6 Å². The van der Waals surface area contributed by atoms with Gasteiger partial charge in [0.05, 0.1) is 10.7 Å². The fraction of sp³-hybridized carbons (Fsp3) is 0.750. The Balaban J connectivity index is 1.62. The zero-order valence-corrected chi connectivity index (χ0v) is 14.6. The summed E-state index contributed by atoms with van der Waals surface area (Å²) in [6.07, 6.45) is 8.20. The number of nitrogens with zero attached hydrogens (tertiary/aromatic N) is 2. The highest BCUT2D eigenvalue weighted by atomic mass is 32.1. The zero-order valence-electron chi connectivity index (χ0n) is 13.8. The molecule has 5 nitrogen and oxygen atoms in total. The van der Waals surface area contributed by atoms with Gasteiger partial charge in [-0.2, -0.15) is 0 Å². The van der Waals surface area contributed by atoms with Gasteiger partial charge in [-0.3, -0.25) is 4.99 Å². The molecule has 0 bridgehead atoms. The Bertz CT molecular complexity index is 449. The first-order chi connectivity index (χ1) is 10.8. The lowest BCUT2D eigenvalue weighted by molar-refractivity contribution is 0.195. The molecule has 0 aromatic carbocycles. The lowest BCUT2D eigenvalue weighted by Gasteiger charge is -2.11. The molecule has 0 fully saturated rings. The molecule has 0 atom stereocenters. The molecule has 6 heteroatoms. The molecule has 0 saturated heterocycles. The molecule has 2 N–H and O–H groups in total. The van der Waals surface area contributed by atoms with E-state index in [0.717, 1.165) is 44.9 Å². The molecule has 124 valence electrons. The van der Waals surface area contributed by atoms with Crippen molar-refractivity contribution < 1.29 is 4.74 Å². The summed E-state index contributed by atoms with van der Waals surface area (Å²) in [6.45, 7) is 2.58. The predicted molar refractivity (Wildman–Crippen MR) is 92.9 cm³/mol. The highest BCUT2D eigenvalue weighted by Gasteiger charge is 2.14. The van der Waals surface area contributed by atoms with Crippen molar-refractivity contribution in [3.8, 4) is 0 Å². The normalized spacial score (nSPS) is 14.7. The van der Waals surface area contributed by atoms with Gasteiger partial charge in [-0.25, -0.2) is 4.98 Å². The van der Waals surface area contributed by atoms with E-state index in [1.165, 1.54) is 41.3 Å². The molecule has 0 radical (unpaired) electrons. The molecule has 22 heavy (non-hydrogen) atoms. The van der Waals surface area contributed by atoms with Crippen molar-refractivity contribution >= 4 is 17.3 Å². The van der Waals surface area contributed by atoms with E-state index in [1.54, 1.807) is 14.2 Å².